The van der Waals surface area contributed by atoms with Crippen LogP contribution in [0.2, 0.25) is 0 Å². The number of rotatable bonds is 7. The highest BCUT2D eigenvalue weighted by Crippen LogP contribution is 2.34. The van der Waals surface area contributed by atoms with Crippen molar-refractivity contribution in [1.29, 1.82) is 0 Å². The van der Waals surface area contributed by atoms with E-state index in [2.05, 4.69) is 10.6 Å². The van der Waals surface area contributed by atoms with Crippen molar-refractivity contribution in [2.75, 3.05) is 47.6 Å². The smallest absolute Gasteiger partial charge is 0.250 e. The maximum atomic E-state index is 12.0. The van der Waals surface area contributed by atoms with Crippen molar-refractivity contribution in [3.8, 4) is 17.2 Å². The van der Waals surface area contributed by atoms with Crippen molar-refractivity contribution >= 4 is 5.91 Å². The molecular weight excluding hydrogens is 300 g/mol. The van der Waals surface area contributed by atoms with E-state index in [1.807, 2.05) is 0 Å². The number of benzene rings is 1. The molecule has 1 heterocycles. The van der Waals surface area contributed by atoms with Gasteiger partial charge in [-0.2, -0.15) is 0 Å². The Labute approximate surface area is 136 Å². The lowest BCUT2D eigenvalue weighted by atomic mass is 10.1. The van der Waals surface area contributed by atoms with Gasteiger partial charge < -0.3 is 29.6 Å². The van der Waals surface area contributed by atoms with E-state index in [0.29, 0.717) is 43.4 Å². The lowest BCUT2D eigenvalue weighted by Crippen LogP contribution is -2.48. The fourth-order valence-electron chi connectivity index (χ4n) is 2.48. The summed E-state index contributed by atoms with van der Waals surface area (Å²) in [6.45, 7) is 2.35. The third-order valence-electron chi connectivity index (χ3n) is 3.71. The minimum atomic E-state index is -0.427. The first-order valence-corrected chi connectivity index (χ1v) is 7.58. The lowest BCUT2D eigenvalue weighted by molar-refractivity contribution is -0.134. The van der Waals surface area contributed by atoms with Gasteiger partial charge >= 0.3 is 0 Å². The zero-order valence-corrected chi connectivity index (χ0v) is 13.8. The van der Waals surface area contributed by atoms with Gasteiger partial charge in [0.1, 0.15) is 23.4 Å². The van der Waals surface area contributed by atoms with Gasteiger partial charge in [-0.3, -0.25) is 4.79 Å². The summed E-state index contributed by atoms with van der Waals surface area (Å²) in [5, 5.41) is 6.02. The third kappa shape index (κ3) is 4.49. The number of nitrogens with one attached hydrogen (secondary N) is 2. The predicted molar refractivity (Wildman–Crippen MR) is 85.4 cm³/mol. The largest absolute Gasteiger partial charge is 0.496 e. The summed E-state index contributed by atoms with van der Waals surface area (Å²) in [7, 11) is 4.78. The van der Waals surface area contributed by atoms with Crippen molar-refractivity contribution in [2.24, 2.45) is 0 Å². The summed E-state index contributed by atoms with van der Waals surface area (Å²) in [4.78, 5) is 12.0. The van der Waals surface area contributed by atoms with Gasteiger partial charge in [-0.25, -0.2) is 0 Å². The molecular formula is C16H24N2O5. The standard InChI is InChI=1S/C16H24N2O5/c1-20-11-8-13(21-2)12(14(9-11)22-3)4-5-18-16(19)15-10-17-6-7-23-15/h8-9,15,17H,4-7,10H2,1-3H3,(H,18,19). The van der Waals surface area contributed by atoms with Crippen LogP contribution in [-0.4, -0.2) is 59.6 Å². The molecule has 0 saturated carbocycles. The number of carbonyl (C=O) groups is 1. The van der Waals surface area contributed by atoms with Gasteiger partial charge in [-0.05, 0) is 6.42 Å². The molecule has 2 N–H and O–H groups in total. The molecule has 1 saturated heterocycles. The summed E-state index contributed by atoms with van der Waals surface area (Å²) in [6, 6.07) is 3.60. The Morgan fingerprint density at radius 3 is 2.48 bits per heavy atom. The summed E-state index contributed by atoms with van der Waals surface area (Å²) < 4.78 is 21.4. The number of hydrogen-bond acceptors (Lipinski definition) is 6. The summed E-state index contributed by atoms with van der Waals surface area (Å²) in [6.07, 6.45) is 0.158. The van der Waals surface area contributed by atoms with Crippen LogP contribution in [0.4, 0.5) is 0 Å². The molecule has 1 aromatic carbocycles. The van der Waals surface area contributed by atoms with Crippen molar-refractivity contribution in [1.82, 2.24) is 10.6 Å². The van der Waals surface area contributed by atoms with Crippen LogP contribution in [0.3, 0.4) is 0 Å². The number of amides is 1. The van der Waals surface area contributed by atoms with E-state index < -0.39 is 6.10 Å². The highest BCUT2D eigenvalue weighted by Gasteiger charge is 2.21. The molecule has 0 aliphatic carbocycles. The number of morpholine rings is 1. The molecule has 7 heteroatoms. The van der Waals surface area contributed by atoms with Gasteiger partial charge in [0.15, 0.2) is 0 Å². The molecule has 1 atom stereocenters. The number of ether oxygens (including phenoxy) is 4. The lowest BCUT2D eigenvalue weighted by Gasteiger charge is -2.23. The second-order valence-corrected chi connectivity index (χ2v) is 5.12. The van der Waals surface area contributed by atoms with E-state index in [1.165, 1.54) is 0 Å². The Morgan fingerprint density at radius 1 is 1.26 bits per heavy atom. The fraction of sp³-hybridized carbons (Fsp3) is 0.562. The Hall–Kier alpha value is -1.99. The maximum absolute atomic E-state index is 12.0. The van der Waals surface area contributed by atoms with Crippen molar-refractivity contribution < 1.29 is 23.7 Å². The van der Waals surface area contributed by atoms with Gasteiger partial charge in [0.2, 0.25) is 5.91 Å². The number of hydrogen-bond donors (Lipinski definition) is 2. The normalized spacial score (nSPS) is 17.4. The average Bonchev–Trinajstić information content (AvgIpc) is 2.62. The van der Waals surface area contributed by atoms with Gasteiger partial charge in [-0.1, -0.05) is 0 Å². The second kappa shape index (κ2) is 8.59. The SMILES string of the molecule is COc1cc(OC)c(CCNC(=O)C2CNCCO2)c(OC)c1. The van der Waals surface area contributed by atoms with E-state index >= 15 is 0 Å². The second-order valence-electron chi connectivity index (χ2n) is 5.12. The summed E-state index contributed by atoms with van der Waals surface area (Å²) >= 11 is 0. The number of methoxy groups -OCH3 is 3. The van der Waals surface area contributed by atoms with Crippen LogP contribution in [0, 0.1) is 0 Å². The molecule has 0 radical (unpaired) electrons. The first-order valence-electron chi connectivity index (χ1n) is 7.58. The van der Waals surface area contributed by atoms with E-state index in [0.717, 1.165) is 12.1 Å². The highest BCUT2D eigenvalue weighted by molar-refractivity contribution is 5.81. The van der Waals surface area contributed by atoms with Gasteiger partial charge in [-0.15, -0.1) is 0 Å². The molecule has 1 aromatic rings. The molecule has 23 heavy (non-hydrogen) atoms. The Kier molecular flexibility index (Phi) is 6.49. The van der Waals surface area contributed by atoms with Crippen molar-refractivity contribution in [3.63, 3.8) is 0 Å². The van der Waals surface area contributed by atoms with E-state index in [9.17, 15) is 4.79 Å². The van der Waals surface area contributed by atoms with Gasteiger partial charge in [0, 0.05) is 37.3 Å². The van der Waals surface area contributed by atoms with Crippen LogP contribution in [0.15, 0.2) is 12.1 Å². The van der Waals surface area contributed by atoms with Crippen LogP contribution in [-0.2, 0) is 16.0 Å². The van der Waals surface area contributed by atoms with Crippen LogP contribution in [0.25, 0.3) is 0 Å². The Bertz CT molecular complexity index is 504. The third-order valence-corrected chi connectivity index (χ3v) is 3.71. The van der Waals surface area contributed by atoms with Crippen LogP contribution in [0.5, 0.6) is 17.2 Å². The van der Waals surface area contributed by atoms with Crippen molar-refractivity contribution in [3.05, 3.63) is 17.7 Å². The molecule has 1 unspecified atom stereocenters. The fourth-order valence-corrected chi connectivity index (χ4v) is 2.48. The summed E-state index contributed by atoms with van der Waals surface area (Å²) in [5.74, 6) is 1.90. The van der Waals surface area contributed by atoms with Crippen LogP contribution >= 0.6 is 0 Å². The summed E-state index contributed by atoms with van der Waals surface area (Å²) in [5.41, 5.74) is 0.888. The first-order chi connectivity index (χ1) is 11.2. The highest BCUT2D eigenvalue weighted by atomic mass is 16.5. The minimum absolute atomic E-state index is 0.108. The van der Waals surface area contributed by atoms with Crippen LogP contribution < -0.4 is 24.8 Å². The Morgan fingerprint density at radius 2 is 1.96 bits per heavy atom. The average molecular weight is 324 g/mol. The van der Waals surface area contributed by atoms with Crippen molar-refractivity contribution in [2.45, 2.75) is 12.5 Å². The molecule has 1 fully saturated rings. The first kappa shape index (κ1) is 17.4. The van der Waals surface area contributed by atoms with E-state index in [-0.39, 0.29) is 5.91 Å². The van der Waals surface area contributed by atoms with Gasteiger partial charge in [0.25, 0.3) is 0 Å². The van der Waals surface area contributed by atoms with E-state index in [1.54, 1.807) is 33.5 Å². The molecule has 7 nitrogen and oxygen atoms in total. The molecule has 128 valence electrons. The maximum Gasteiger partial charge on any atom is 0.250 e. The minimum Gasteiger partial charge on any atom is -0.496 e. The van der Waals surface area contributed by atoms with E-state index in [4.69, 9.17) is 18.9 Å². The molecule has 1 aliphatic rings. The topological polar surface area (TPSA) is 78.1 Å². The zero-order valence-electron chi connectivity index (χ0n) is 13.8. The van der Waals surface area contributed by atoms with Gasteiger partial charge in [0.05, 0.1) is 27.9 Å². The molecule has 1 aliphatic heterocycles. The molecule has 0 aromatic heterocycles. The molecule has 0 spiro atoms. The monoisotopic (exact) mass is 324 g/mol. The van der Waals surface area contributed by atoms with Crippen LogP contribution in [0.1, 0.15) is 5.56 Å². The quantitative estimate of drug-likeness (QED) is 0.754. The molecule has 2 rings (SSSR count). The molecule has 1 amide bonds. The zero-order chi connectivity index (χ0) is 16.7. The number of carbonyl (C=O) groups excluding carboxylic acids is 1. The Balaban J connectivity index is 1.97. The predicted octanol–water partition coefficient (Wildman–Crippen LogP) is 0.360. The molecule has 0 bridgehead atoms.